The van der Waals surface area contributed by atoms with Crippen molar-refractivity contribution >= 4 is 0 Å². The normalized spacial score (nSPS) is 12.6. The number of hydrazine groups is 1. The molecule has 3 N–H and O–H groups in total. The van der Waals surface area contributed by atoms with E-state index >= 15 is 0 Å². The van der Waals surface area contributed by atoms with Crippen LogP contribution in [0.25, 0.3) is 0 Å². The SMILES string of the molecule is COc1ccc(C(C)NN)cc1F. The lowest BCUT2D eigenvalue weighted by Gasteiger charge is -2.11. The van der Waals surface area contributed by atoms with Gasteiger partial charge < -0.3 is 4.74 Å². The summed E-state index contributed by atoms with van der Waals surface area (Å²) in [6, 6.07) is 4.69. The van der Waals surface area contributed by atoms with E-state index in [9.17, 15) is 4.39 Å². The number of hydrogen-bond acceptors (Lipinski definition) is 3. The average Bonchev–Trinajstić information content (AvgIpc) is 2.16. The van der Waals surface area contributed by atoms with Gasteiger partial charge in [-0.05, 0) is 24.6 Å². The van der Waals surface area contributed by atoms with E-state index in [1.165, 1.54) is 13.2 Å². The largest absolute Gasteiger partial charge is 0.494 e. The summed E-state index contributed by atoms with van der Waals surface area (Å²) in [7, 11) is 1.43. The smallest absolute Gasteiger partial charge is 0.165 e. The van der Waals surface area contributed by atoms with Crippen LogP contribution in [0, 0.1) is 5.82 Å². The Morgan fingerprint density at radius 3 is 2.69 bits per heavy atom. The van der Waals surface area contributed by atoms with Crippen LogP contribution in [-0.4, -0.2) is 7.11 Å². The van der Waals surface area contributed by atoms with Gasteiger partial charge >= 0.3 is 0 Å². The molecule has 0 saturated heterocycles. The Hall–Kier alpha value is -1.13. The molecule has 0 aliphatic rings. The molecular weight excluding hydrogens is 171 g/mol. The van der Waals surface area contributed by atoms with Gasteiger partial charge in [0.05, 0.1) is 7.11 Å². The van der Waals surface area contributed by atoms with E-state index in [0.29, 0.717) is 0 Å². The van der Waals surface area contributed by atoms with Crippen molar-refractivity contribution in [2.45, 2.75) is 13.0 Å². The number of ether oxygens (including phenoxy) is 1. The van der Waals surface area contributed by atoms with Crippen molar-refractivity contribution in [1.82, 2.24) is 5.43 Å². The number of halogens is 1. The predicted octanol–water partition coefficient (Wildman–Crippen LogP) is 1.36. The van der Waals surface area contributed by atoms with Crippen LogP contribution in [-0.2, 0) is 0 Å². The molecule has 72 valence electrons. The predicted molar refractivity (Wildman–Crippen MR) is 48.7 cm³/mol. The monoisotopic (exact) mass is 184 g/mol. The minimum Gasteiger partial charge on any atom is -0.494 e. The van der Waals surface area contributed by atoms with Crippen LogP contribution >= 0.6 is 0 Å². The van der Waals surface area contributed by atoms with Crippen LogP contribution in [0.3, 0.4) is 0 Å². The summed E-state index contributed by atoms with van der Waals surface area (Å²) in [5.41, 5.74) is 3.33. The fraction of sp³-hybridized carbons (Fsp3) is 0.333. The molecule has 0 aliphatic carbocycles. The molecule has 1 aromatic carbocycles. The summed E-state index contributed by atoms with van der Waals surface area (Å²) in [6.45, 7) is 1.85. The first kappa shape index (κ1) is 9.95. The molecule has 0 bridgehead atoms. The molecule has 0 aliphatic heterocycles. The van der Waals surface area contributed by atoms with Crippen molar-refractivity contribution < 1.29 is 9.13 Å². The third-order valence-electron chi connectivity index (χ3n) is 1.93. The van der Waals surface area contributed by atoms with Crippen molar-refractivity contribution in [3.05, 3.63) is 29.6 Å². The Morgan fingerprint density at radius 1 is 1.54 bits per heavy atom. The van der Waals surface area contributed by atoms with Gasteiger partial charge in [-0.1, -0.05) is 6.07 Å². The number of methoxy groups -OCH3 is 1. The summed E-state index contributed by atoms with van der Waals surface area (Å²) in [5.74, 6) is 5.09. The summed E-state index contributed by atoms with van der Waals surface area (Å²) in [5, 5.41) is 0. The summed E-state index contributed by atoms with van der Waals surface area (Å²) in [6.07, 6.45) is 0. The molecule has 0 spiro atoms. The van der Waals surface area contributed by atoms with Crippen LogP contribution in [0.15, 0.2) is 18.2 Å². The van der Waals surface area contributed by atoms with Crippen LogP contribution in [0.5, 0.6) is 5.75 Å². The van der Waals surface area contributed by atoms with Gasteiger partial charge in [0.15, 0.2) is 11.6 Å². The van der Waals surface area contributed by atoms with Crippen LogP contribution in [0.2, 0.25) is 0 Å². The van der Waals surface area contributed by atoms with Crippen LogP contribution in [0.4, 0.5) is 4.39 Å². The van der Waals surface area contributed by atoms with Crippen molar-refractivity contribution in [3.63, 3.8) is 0 Å². The average molecular weight is 184 g/mol. The zero-order chi connectivity index (χ0) is 9.84. The molecule has 13 heavy (non-hydrogen) atoms. The molecule has 0 saturated carbocycles. The summed E-state index contributed by atoms with van der Waals surface area (Å²) in [4.78, 5) is 0. The first-order chi connectivity index (χ1) is 6.19. The zero-order valence-electron chi connectivity index (χ0n) is 7.67. The molecule has 0 amide bonds. The van der Waals surface area contributed by atoms with Gasteiger partial charge in [0.2, 0.25) is 0 Å². The molecule has 0 radical (unpaired) electrons. The van der Waals surface area contributed by atoms with Gasteiger partial charge in [-0.15, -0.1) is 0 Å². The molecular formula is C9H13FN2O. The molecule has 0 aromatic heterocycles. The maximum atomic E-state index is 13.2. The lowest BCUT2D eigenvalue weighted by Crippen LogP contribution is -2.25. The second-order valence-electron chi connectivity index (χ2n) is 2.78. The van der Waals surface area contributed by atoms with Crippen LogP contribution in [0.1, 0.15) is 18.5 Å². The number of nitrogens with two attached hydrogens (primary N) is 1. The van der Waals surface area contributed by atoms with Crippen LogP contribution < -0.4 is 16.0 Å². The van der Waals surface area contributed by atoms with Gasteiger partial charge in [-0.25, -0.2) is 4.39 Å². The van der Waals surface area contributed by atoms with Gasteiger partial charge in [0.25, 0.3) is 0 Å². The minimum absolute atomic E-state index is 0.0691. The Kier molecular flexibility index (Phi) is 3.22. The second-order valence-corrected chi connectivity index (χ2v) is 2.78. The quantitative estimate of drug-likeness (QED) is 0.550. The highest BCUT2D eigenvalue weighted by atomic mass is 19.1. The topological polar surface area (TPSA) is 47.3 Å². The fourth-order valence-electron chi connectivity index (χ4n) is 1.05. The molecule has 1 unspecified atom stereocenters. The highest BCUT2D eigenvalue weighted by Crippen LogP contribution is 2.20. The molecule has 4 heteroatoms. The van der Waals surface area contributed by atoms with Gasteiger partial charge in [0, 0.05) is 6.04 Å². The lowest BCUT2D eigenvalue weighted by atomic mass is 10.1. The fourth-order valence-corrected chi connectivity index (χ4v) is 1.05. The first-order valence-corrected chi connectivity index (χ1v) is 3.98. The Balaban J connectivity index is 2.95. The van der Waals surface area contributed by atoms with Crippen molar-refractivity contribution in [2.24, 2.45) is 5.84 Å². The molecule has 0 heterocycles. The summed E-state index contributed by atoms with van der Waals surface area (Å²) >= 11 is 0. The second kappa shape index (κ2) is 4.20. The number of benzene rings is 1. The first-order valence-electron chi connectivity index (χ1n) is 3.98. The molecule has 3 nitrogen and oxygen atoms in total. The van der Waals surface area contributed by atoms with Crippen molar-refractivity contribution in [2.75, 3.05) is 7.11 Å². The van der Waals surface area contributed by atoms with E-state index in [2.05, 4.69) is 5.43 Å². The number of rotatable bonds is 3. The van der Waals surface area contributed by atoms with Crippen molar-refractivity contribution in [1.29, 1.82) is 0 Å². The summed E-state index contributed by atoms with van der Waals surface area (Å²) < 4.78 is 17.9. The van der Waals surface area contributed by atoms with E-state index in [4.69, 9.17) is 10.6 Å². The molecule has 1 atom stereocenters. The molecule has 1 aromatic rings. The van der Waals surface area contributed by atoms with E-state index in [1.54, 1.807) is 12.1 Å². The maximum absolute atomic E-state index is 13.2. The van der Waals surface area contributed by atoms with Gasteiger partial charge in [-0.2, -0.15) is 0 Å². The Bertz CT molecular complexity index is 291. The third kappa shape index (κ3) is 2.17. The number of hydrogen-bond donors (Lipinski definition) is 2. The minimum atomic E-state index is -0.373. The van der Waals surface area contributed by atoms with E-state index in [-0.39, 0.29) is 17.6 Å². The number of nitrogens with one attached hydrogen (secondary N) is 1. The van der Waals surface area contributed by atoms with E-state index < -0.39 is 0 Å². The highest BCUT2D eigenvalue weighted by molar-refractivity contribution is 5.30. The Morgan fingerprint density at radius 2 is 2.23 bits per heavy atom. The standard InChI is InChI=1S/C9H13FN2O/c1-6(12-11)7-3-4-9(13-2)8(10)5-7/h3-6,12H,11H2,1-2H3. The van der Waals surface area contributed by atoms with Gasteiger partial charge in [-0.3, -0.25) is 11.3 Å². The van der Waals surface area contributed by atoms with E-state index in [1.807, 2.05) is 6.92 Å². The van der Waals surface area contributed by atoms with Crippen molar-refractivity contribution in [3.8, 4) is 5.75 Å². The zero-order valence-corrected chi connectivity index (χ0v) is 7.67. The highest BCUT2D eigenvalue weighted by Gasteiger charge is 2.07. The molecule has 0 fully saturated rings. The van der Waals surface area contributed by atoms with Gasteiger partial charge in [0.1, 0.15) is 0 Å². The maximum Gasteiger partial charge on any atom is 0.165 e. The lowest BCUT2D eigenvalue weighted by molar-refractivity contribution is 0.385. The van der Waals surface area contributed by atoms with E-state index in [0.717, 1.165) is 5.56 Å². The third-order valence-corrected chi connectivity index (χ3v) is 1.93. The Labute approximate surface area is 76.7 Å². The molecule has 1 rings (SSSR count).